The summed E-state index contributed by atoms with van der Waals surface area (Å²) in [7, 11) is 0. The van der Waals surface area contributed by atoms with Crippen LogP contribution in [0, 0.1) is 0 Å². The highest BCUT2D eigenvalue weighted by molar-refractivity contribution is 9.10. The molecule has 2 amide bonds. The number of hydrogen-bond acceptors (Lipinski definition) is 5. The van der Waals surface area contributed by atoms with E-state index in [1.807, 2.05) is 0 Å². The van der Waals surface area contributed by atoms with E-state index in [-0.39, 0.29) is 25.3 Å². The normalized spacial score (nSPS) is 15.0. The van der Waals surface area contributed by atoms with Gasteiger partial charge in [0.15, 0.2) is 0 Å². The number of carbonyl (C=O) groups excluding carboxylic acids is 3. The number of nitrogens with two attached hydrogens (primary N) is 2. The Balaban J connectivity index is 2.14. The number of anilines is 1. The number of nitrogens with zero attached hydrogens (tertiary/aromatic N) is 1. The zero-order chi connectivity index (χ0) is 18.9. The van der Waals surface area contributed by atoms with Crippen molar-refractivity contribution in [2.75, 3.05) is 5.73 Å². The quantitative estimate of drug-likeness (QED) is 0.567. The summed E-state index contributed by atoms with van der Waals surface area (Å²) in [5.74, 6) is -1.42. The van der Waals surface area contributed by atoms with Crippen molar-refractivity contribution in [3.05, 3.63) is 27.7 Å². The van der Waals surface area contributed by atoms with Crippen LogP contribution in [-0.2, 0) is 20.9 Å². The van der Waals surface area contributed by atoms with Crippen molar-refractivity contribution in [1.29, 1.82) is 0 Å². The Kier molecular flexibility index (Phi) is 5.41. The molecule has 0 radical (unpaired) electrons. The van der Waals surface area contributed by atoms with Crippen molar-refractivity contribution in [1.82, 2.24) is 4.90 Å². The van der Waals surface area contributed by atoms with E-state index in [2.05, 4.69) is 15.9 Å². The maximum Gasteiger partial charge on any atom is 0.306 e. The molecule has 25 heavy (non-hydrogen) atoms. The maximum atomic E-state index is 12.6. The first-order valence-electron chi connectivity index (χ1n) is 7.90. The van der Waals surface area contributed by atoms with E-state index in [4.69, 9.17) is 16.2 Å². The van der Waals surface area contributed by atoms with Crippen molar-refractivity contribution in [3.8, 4) is 0 Å². The number of carbonyl (C=O) groups is 3. The van der Waals surface area contributed by atoms with Crippen molar-refractivity contribution in [2.45, 2.75) is 51.8 Å². The van der Waals surface area contributed by atoms with Gasteiger partial charge in [0.2, 0.25) is 5.91 Å². The Morgan fingerprint density at radius 3 is 2.56 bits per heavy atom. The van der Waals surface area contributed by atoms with Crippen LogP contribution in [0.3, 0.4) is 0 Å². The number of nitrogen functional groups attached to an aromatic ring is 1. The van der Waals surface area contributed by atoms with Crippen LogP contribution in [0.5, 0.6) is 0 Å². The number of halogens is 1. The van der Waals surface area contributed by atoms with Crippen LogP contribution in [0.25, 0.3) is 0 Å². The third kappa shape index (κ3) is 4.31. The second kappa shape index (κ2) is 7.03. The molecule has 136 valence electrons. The molecule has 0 fully saturated rings. The van der Waals surface area contributed by atoms with Gasteiger partial charge in [0.25, 0.3) is 5.91 Å². The highest BCUT2D eigenvalue weighted by Crippen LogP contribution is 2.34. The third-order valence-corrected chi connectivity index (χ3v) is 4.56. The van der Waals surface area contributed by atoms with Gasteiger partial charge >= 0.3 is 5.97 Å². The molecule has 1 aromatic rings. The molecule has 0 saturated carbocycles. The lowest BCUT2D eigenvalue weighted by Gasteiger charge is -2.25. The van der Waals surface area contributed by atoms with Crippen LogP contribution < -0.4 is 11.5 Å². The fraction of sp³-hybridized carbons (Fsp3) is 0.471. The third-order valence-electron chi connectivity index (χ3n) is 3.87. The molecule has 1 heterocycles. The number of primary amides is 1. The van der Waals surface area contributed by atoms with Gasteiger partial charge in [-0.15, -0.1) is 0 Å². The summed E-state index contributed by atoms with van der Waals surface area (Å²) in [5.41, 5.74) is 12.4. The van der Waals surface area contributed by atoms with Gasteiger partial charge in [-0.25, -0.2) is 0 Å². The summed E-state index contributed by atoms with van der Waals surface area (Å²) in [6.07, 6.45) is 0.0925. The van der Waals surface area contributed by atoms with Gasteiger partial charge in [0.05, 0.1) is 5.69 Å². The average Bonchev–Trinajstić information content (AvgIpc) is 2.79. The van der Waals surface area contributed by atoms with E-state index in [1.54, 1.807) is 32.9 Å². The van der Waals surface area contributed by atoms with Crippen LogP contribution >= 0.6 is 15.9 Å². The van der Waals surface area contributed by atoms with E-state index in [1.165, 1.54) is 4.90 Å². The molecule has 0 aromatic heterocycles. The fourth-order valence-corrected chi connectivity index (χ4v) is 3.13. The highest BCUT2D eigenvalue weighted by atomic mass is 79.9. The molecule has 7 nitrogen and oxygen atoms in total. The minimum Gasteiger partial charge on any atom is -0.460 e. The van der Waals surface area contributed by atoms with Crippen LogP contribution in [0.2, 0.25) is 0 Å². The van der Waals surface area contributed by atoms with Crippen LogP contribution in [-0.4, -0.2) is 34.3 Å². The Hall–Kier alpha value is -2.09. The molecule has 1 atom stereocenters. The van der Waals surface area contributed by atoms with Gasteiger partial charge in [-0.2, -0.15) is 0 Å². The smallest absolute Gasteiger partial charge is 0.306 e. The van der Waals surface area contributed by atoms with Gasteiger partial charge in [0, 0.05) is 28.6 Å². The lowest BCUT2D eigenvalue weighted by Crippen LogP contribution is -2.45. The molecule has 1 unspecified atom stereocenters. The average molecular weight is 412 g/mol. The van der Waals surface area contributed by atoms with Gasteiger partial charge in [0.1, 0.15) is 11.6 Å². The first-order chi connectivity index (χ1) is 11.5. The summed E-state index contributed by atoms with van der Waals surface area (Å²) >= 11 is 3.32. The molecule has 8 heteroatoms. The van der Waals surface area contributed by atoms with Crippen LogP contribution in [0.15, 0.2) is 16.6 Å². The summed E-state index contributed by atoms with van der Waals surface area (Å²) in [5, 5.41) is 0. The van der Waals surface area contributed by atoms with Gasteiger partial charge < -0.3 is 21.1 Å². The first kappa shape index (κ1) is 19.2. The topological polar surface area (TPSA) is 116 Å². The molecule has 0 bridgehead atoms. The molecular weight excluding hydrogens is 390 g/mol. The minimum atomic E-state index is -0.898. The van der Waals surface area contributed by atoms with E-state index in [0.717, 1.165) is 0 Å². The number of rotatable bonds is 5. The number of hydrogen-bond donors (Lipinski definition) is 2. The predicted octanol–water partition coefficient (Wildman–Crippen LogP) is 1.96. The van der Waals surface area contributed by atoms with E-state index >= 15 is 0 Å². The summed E-state index contributed by atoms with van der Waals surface area (Å²) in [6.45, 7) is 5.47. The molecular formula is C17H22BrN3O4. The molecule has 0 saturated heterocycles. The summed E-state index contributed by atoms with van der Waals surface area (Å²) < 4.78 is 5.92. The SMILES string of the molecule is CC(C)(C)OC(=O)CCC(C(N)=O)N1Cc2c(ccc(Br)c2N)C1=O. The van der Waals surface area contributed by atoms with Crippen molar-refractivity contribution in [2.24, 2.45) is 5.73 Å². The summed E-state index contributed by atoms with van der Waals surface area (Å²) in [6, 6.07) is 2.45. The number of benzene rings is 1. The molecule has 1 aromatic carbocycles. The van der Waals surface area contributed by atoms with E-state index in [9.17, 15) is 14.4 Å². The maximum absolute atomic E-state index is 12.6. The molecule has 0 aliphatic carbocycles. The van der Waals surface area contributed by atoms with Gasteiger partial charge in [-0.05, 0) is 55.3 Å². The van der Waals surface area contributed by atoms with Gasteiger partial charge in [-0.1, -0.05) is 0 Å². The van der Waals surface area contributed by atoms with Crippen molar-refractivity contribution < 1.29 is 19.1 Å². The number of esters is 1. The van der Waals surface area contributed by atoms with Crippen molar-refractivity contribution in [3.63, 3.8) is 0 Å². The molecule has 0 spiro atoms. The number of amides is 2. The van der Waals surface area contributed by atoms with E-state index < -0.39 is 23.5 Å². The lowest BCUT2D eigenvalue weighted by atomic mass is 10.1. The standard InChI is InChI=1S/C17H22BrN3O4/c1-17(2,3)25-13(22)7-6-12(15(20)23)21-8-10-9(16(21)24)4-5-11(18)14(10)19/h4-5,12H,6-8,19H2,1-3H3,(H2,20,23). The highest BCUT2D eigenvalue weighted by Gasteiger charge is 2.37. The lowest BCUT2D eigenvalue weighted by molar-refractivity contribution is -0.155. The second-order valence-corrected chi connectivity index (χ2v) is 7.82. The zero-order valence-electron chi connectivity index (χ0n) is 14.5. The zero-order valence-corrected chi connectivity index (χ0v) is 16.1. The van der Waals surface area contributed by atoms with E-state index in [0.29, 0.717) is 21.3 Å². The number of fused-ring (bicyclic) bond motifs is 1. The van der Waals surface area contributed by atoms with Gasteiger partial charge in [-0.3, -0.25) is 14.4 Å². The Morgan fingerprint density at radius 1 is 1.36 bits per heavy atom. The van der Waals surface area contributed by atoms with Crippen molar-refractivity contribution >= 4 is 39.4 Å². The Morgan fingerprint density at radius 2 is 2.00 bits per heavy atom. The number of ether oxygens (including phenoxy) is 1. The molecule has 1 aliphatic heterocycles. The largest absolute Gasteiger partial charge is 0.460 e. The summed E-state index contributed by atoms with van der Waals surface area (Å²) in [4.78, 5) is 37.7. The monoisotopic (exact) mass is 411 g/mol. The predicted molar refractivity (Wildman–Crippen MR) is 96.5 cm³/mol. The fourth-order valence-electron chi connectivity index (χ4n) is 2.75. The molecule has 2 rings (SSSR count). The first-order valence-corrected chi connectivity index (χ1v) is 8.69. The molecule has 1 aliphatic rings. The molecule has 4 N–H and O–H groups in total. The van der Waals surface area contributed by atoms with Crippen LogP contribution in [0.1, 0.15) is 49.5 Å². The minimum absolute atomic E-state index is 0.00974. The Labute approximate surface area is 154 Å². The Bertz CT molecular complexity index is 727. The second-order valence-electron chi connectivity index (χ2n) is 6.96. The van der Waals surface area contributed by atoms with Crippen LogP contribution in [0.4, 0.5) is 5.69 Å².